The fourth-order valence-corrected chi connectivity index (χ4v) is 1.91. The molecule has 0 saturated heterocycles. The topological polar surface area (TPSA) is 80.0 Å². The van der Waals surface area contributed by atoms with Gasteiger partial charge >= 0.3 is 11.6 Å². The van der Waals surface area contributed by atoms with Crippen molar-refractivity contribution in [1.29, 1.82) is 0 Å². The van der Waals surface area contributed by atoms with Gasteiger partial charge in [0.2, 0.25) is 5.75 Å². The summed E-state index contributed by atoms with van der Waals surface area (Å²) in [5, 5.41) is 9.32. The summed E-state index contributed by atoms with van der Waals surface area (Å²) in [6.45, 7) is 1.12. The summed E-state index contributed by atoms with van der Waals surface area (Å²) < 4.78 is 10.2. The molecular formula is C14H15NO5. The number of carboxylic acid groups (broad SMARTS) is 1. The third-order valence-corrected chi connectivity index (χ3v) is 2.95. The lowest BCUT2D eigenvalue weighted by Gasteiger charge is -2.14. The van der Waals surface area contributed by atoms with Gasteiger partial charge in [-0.3, -0.25) is 0 Å². The number of fused-ring (bicyclic) bond motifs is 1. The average Bonchev–Trinajstić information content (AvgIpc) is 2.37. The molecule has 0 spiro atoms. The summed E-state index contributed by atoms with van der Waals surface area (Å²) in [4.78, 5) is 24.3. The molecule has 0 aliphatic heterocycles. The van der Waals surface area contributed by atoms with Gasteiger partial charge in [0.1, 0.15) is 5.58 Å². The van der Waals surface area contributed by atoms with Crippen LogP contribution in [-0.2, 0) is 4.79 Å². The SMILES string of the molecule is Cc1c(OCC(=O)O)c(=O)oc2cc(N(C)C)ccc12. The number of aryl methyl sites for hydroxylation is 1. The molecule has 0 unspecified atom stereocenters. The lowest BCUT2D eigenvalue weighted by atomic mass is 10.1. The van der Waals surface area contributed by atoms with E-state index in [0.29, 0.717) is 11.1 Å². The number of nitrogens with zero attached hydrogens (tertiary/aromatic N) is 1. The van der Waals surface area contributed by atoms with Crippen molar-refractivity contribution in [3.05, 3.63) is 34.2 Å². The summed E-state index contributed by atoms with van der Waals surface area (Å²) in [5.74, 6) is -1.20. The second kappa shape index (κ2) is 5.24. The van der Waals surface area contributed by atoms with Crippen LogP contribution in [0.25, 0.3) is 11.0 Å². The Balaban J connectivity index is 2.56. The number of hydrogen-bond acceptors (Lipinski definition) is 5. The van der Waals surface area contributed by atoms with Gasteiger partial charge < -0.3 is 19.2 Å². The first-order valence-corrected chi connectivity index (χ1v) is 5.99. The van der Waals surface area contributed by atoms with E-state index in [1.54, 1.807) is 13.0 Å². The summed E-state index contributed by atoms with van der Waals surface area (Å²) in [6.07, 6.45) is 0. The molecule has 1 N–H and O–H groups in total. The molecular weight excluding hydrogens is 262 g/mol. The number of rotatable bonds is 4. The number of anilines is 1. The Morgan fingerprint density at radius 2 is 2.10 bits per heavy atom. The van der Waals surface area contributed by atoms with Gasteiger partial charge in [-0.2, -0.15) is 0 Å². The van der Waals surface area contributed by atoms with Crippen LogP contribution >= 0.6 is 0 Å². The van der Waals surface area contributed by atoms with Gasteiger partial charge in [0, 0.05) is 36.8 Å². The van der Waals surface area contributed by atoms with Crippen LogP contribution < -0.4 is 15.3 Å². The second-order valence-electron chi connectivity index (χ2n) is 4.60. The number of aliphatic carboxylic acids is 1. The number of carboxylic acids is 1. The summed E-state index contributed by atoms with van der Waals surface area (Å²) in [6, 6.07) is 5.46. The number of hydrogen-bond donors (Lipinski definition) is 1. The zero-order valence-corrected chi connectivity index (χ0v) is 11.5. The fourth-order valence-electron chi connectivity index (χ4n) is 1.91. The van der Waals surface area contributed by atoms with Gasteiger partial charge in [0.25, 0.3) is 0 Å². The summed E-state index contributed by atoms with van der Waals surface area (Å²) in [5.41, 5.74) is 1.25. The molecule has 20 heavy (non-hydrogen) atoms. The first-order chi connectivity index (χ1) is 9.40. The Bertz CT molecular complexity index is 717. The minimum Gasteiger partial charge on any atom is -0.479 e. The Hall–Kier alpha value is -2.50. The van der Waals surface area contributed by atoms with Gasteiger partial charge in [-0.1, -0.05) is 0 Å². The maximum atomic E-state index is 11.8. The van der Waals surface area contributed by atoms with E-state index in [0.717, 1.165) is 11.1 Å². The quantitative estimate of drug-likeness (QED) is 0.856. The number of benzene rings is 1. The lowest BCUT2D eigenvalue weighted by Crippen LogP contribution is -2.16. The van der Waals surface area contributed by atoms with E-state index >= 15 is 0 Å². The third kappa shape index (κ3) is 2.59. The van der Waals surface area contributed by atoms with Gasteiger partial charge in [0.15, 0.2) is 6.61 Å². The molecule has 0 aliphatic carbocycles. The molecule has 6 heteroatoms. The molecule has 0 amide bonds. The molecule has 0 saturated carbocycles. The second-order valence-corrected chi connectivity index (χ2v) is 4.60. The zero-order valence-electron chi connectivity index (χ0n) is 11.5. The molecule has 106 valence electrons. The normalized spacial score (nSPS) is 10.6. The summed E-state index contributed by atoms with van der Waals surface area (Å²) >= 11 is 0. The molecule has 1 heterocycles. The molecule has 1 aromatic carbocycles. The minimum atomic E-state index is -1.15. The molecule has 0 bridgehead atoms. The third-order valence-electron chi connectivity index (χ3n) is 2.95. The molecule has 0 aliphatic rings. The minimum absolute atomic E-state index is 0.0579. The highest BCUT2D eigenvalue weighted by molar-refractivity contribution is 5.85. The van der Waals surface area contributed by atoms with Crippen molar-refractivity contribution in [1.82, 2.24) is 0 Å². The smallest absolute Gasteiger partial charge is 0.379 e. The predicted molar refractivity (Wildman–Crippen MR) is 74.7 cm³/mol. The Morgan fingerprint density at radius 3 is 2.70 bits per heavy atom. The van der Waals surface area contributed by atoms with Gasteiger partial charge in [0.05, 0.1) is 0 Å². The van der Waals surface area contributed by atoms with E-state index in [2.05, 4.69) is 0 Å². The van der Waals surface area contributed by atoms with Crippen molar-refractivity contribution >= 4 is 22.6 Å². The van der Waals surface area contributed by atoms with Gasteiger partial charge in [-0.25, -0.2) is 9.59 Å². The van der Waals surface area contributed by atoms with Crippen LogP contribution in [0.5, 0.6) is 5.75 Å². The molecule has 2 aromatic rings. The van der Waals surface area contributed by atoms with Crippen LogP contribution in [0.2, 0.25) is 0 Å². The van der Waals surface area contributed by atoms with E-state index in [4.69, 9.17) is 14.3 Å². The van der Waals surface area contributed by atoms with Crippen molar-refractivity contribution in [3.63, 3.8) is 0 Å². The van der Waals surface area contributed by atoms with Crippen molar-refractivity contribution < 1.29 is 19.1 Å². The van der Waals surface area contributed by atoms with Crippen LogP contribution in [0.15, 0.2) is 27.4 Å². The van der Waals surface area contributed by atoms with E-state index in [1.165, 1.54) is 0 Å². The number of carbonyl (C=O) groups is 1. The highest BCUT2D eigenvalue weighted by Crippen LogP contribution is 2.26. The zero-order chi connectivity index (χ0) is 14.9. The monoisotopic (exact) mass is 277 g/mol. The number of ether oxygens (including phenoxy) is 1. The first kappa shape index (κ1) is 13.9. The standard InChI is InChI=1S/C14H15NO5/c1-8-10-5-4-9(15(2)3)6-11(10)20-14(18)13(8)19-7-12(16)17/h4-6H,7H2,1-3H3,(H,16,17). The highest BCUT2D eigenvalue weighted by Gasteiger charge is 2.14. The van der Waals surface area contributed by atoms with E-state index in [9.17, 15) is 9.59 Å². The maximum absolute atomic E-state index is 11.8. The molecule has 0 atom stereocenters. The van der Waals surface area contributed by atoms with Crippen LogP contribution in [0.3, 0.4) is 0 Å². The van der Waals surface area contributed by atoms with Crippen LogP contribution in [0.4, 0.5) is 5.69 Å². The van der Waals surface area contributed by atoms with Crippen molar-refractivity contribution in [2.75, 3.05) is 25.6 Å². The fraction of sp³-hybridized carbons (Fsp3) is 0.286. The predicted octanol–water partition coefficient (Wildman–Crippen LogP) is 1.63. The average molecular weight is 277 g/mol. The van der Waals surface area contributed by atoms with E-state index in [1.807, 2.05) is 31.1 Å². The molecule has 2 rings (SSSR count). The molecule has 0 fully saturated rings. The van der Waals surface area contributed by atoms with E-state index < -0.39 is 18.2 Å². The molecule has 1 aromatic heterocycles. The Morgan fingerprint density at radius 1 is 1.40 bits per heavy atom. The summed E-state index contributed by atoms with van der Waals surface area (Å²) in [7, 11) is 3.77. The first-order valence-electron chi connectivity index (χ1n) is 5.99. The van der Waals surface area contributed by atoms with Gasteiger partial charge in [-0.05, 0) is 19.1 Å². The van der Waals surface area contributed by atoms with Crippen LogP contribution in [-0.4, -0.2) is 31.8 Å². The van der Waals surface area contributed by atoms with Gasteiger partial charge in [-0.15, -0.1) is 0 Å². The lowest BCUT2D eigenvalue weighted by molar-refractivity contribution is -0.139. The maximum Gasteiger partial charge on any atom is 0.379 e. The van der Waals surface area contributed by atoms with Crippen LogP contribution in [0.1, 0.15) is 5.56 Å². The van der Waals surface area contributed by atoms with E-state index in [-0.39, 0.29) is 5.75 Å². The highest BCUT2D eigenvalue weighted by atomic mass is 16.5. The Kier molecular flexibility index (Phi) is 3.65. The molecule has 0 radical (unpaired) electrons. The Labute approximate surface area is 115 Å². The van der Waals surface area contributed by atoms with Crippen LogP contribution in [0, 0.1) is 6.92 Å². The van der Waals surface area contributed by atoms with Crippen molar-refractivity contribution in [3.8, 4) is 5.75 Å². The van der Waals surface area contributed by atoms with Crippen molar-refractivity contribution in [2.24, 2.45) is 0 Å². The largest absolute Gasteiger partial charge is 0.479 e. The molecule has 6 nitrogen and oxygen atoms in total. The van der Waals surface area contributed by atoms with Crippen molar-refractivity contribution in [2.45, 2.75) is 6.92 Å².